The van der Waals surface area contributed by atoms with Crippen LogP contribution in [0.5, 0.6) is 5.75 Å². The van der Waals surface area contributed by atoms with E-state index in [4.69, 9.17) is 4.74 Å². The van der Waals surface area contributed by atoms with Gasteiger partial charge in [0.05, 0.1) is 17.9 Å². The Morgan fingerprint density at radius 3 is 2.59 bits per heavy atom. The first-order chi connectivity index (χ1) is 13.0. The summed E-state index contributed by atoms with van der Waals surface area (Å²) < 4.78 is 5.57. The summed E-state index contributed by atoms with van der Waals surface area (Å²) in [4.78, 5) is 11.4. The first kappa shape index (κ1) is 20.0. The maximum Gasteiger partial charge on any atom is 0.337 e. The molecule has 2 aromatic carbocycles. The maximum absolute atomic E-state index is 11.4. The molecule has 0 aliphatic heterocycles. The van der Waals surface area contributed by atoms with Crippen molar-refractivity contribution in [3.8, 4) is 5.75 Å². The van der Waals surface area contributed by atoms with Crippen LogP contribution >= 0.6 is 0 Å². The Morgan fingerprint density at radius 1 is 1.19 bits per heavy atom. The quantitative estimate of drug-likeness (QED) is 0.586. The van der Waals surface area contributed by atoms with Gasteiger partial charge in [0.15, 0.2) is 0 Å². The van der Waals surface area contributed by atoms with Gasteiger partial charge >= 0.3 is 5.97 Å². The van der Waals surface area contributed by atoms with Crippen molar-refractivity contribution < 1.29 is 14.6 Å². The number of rotatable bonds is 8. The zero-order valence-electron chi connectivity index (χ0n) is 16.0. The number of para-hydroxylation sites is 1. The number of hydrogen-bond acceptors (Lipinski definition) is 3. The van der Waals surface area contributed by atoms with Gasteiger partial charge in [0.2, 0.25) is 0 Å². The normalized spacial score (nSPS) is 12.2. The molecule has 27 heavy (non-hydrogen) atoms. The summed E-state index contributed by atoms with van der Waals surface area (Å²) in [6.07, 6.45) is 3.63. The van der Waals surface area contributed by atoms with Crippen molar-refractivity contribution in [1.82, 2.24) is 0 Å². The molecule has 2 rings (SSSR count). The van der Waals surface area contributed by atoms with Gasteiger partial charge in [-0.05, 0) is 73.9 Å². The minimum absolute atomic E-state index is 0.216. The number of anilines is 1. The van der Waals surface area contributed by atoms with Crippen molar-refractivity contribution in [1.29, 1.82) is 0 Å². The van der Waals surface area contributed by atoms with E-state index in [0.717, 1.165) is 28.2 Å². The number of hydrogen-bond donors (Lipinski definition) is 2. The molecule has 4 nitrogen and oxygen atoms in total. The van der Waals surface area contributed by atoms with Crippen LogP contribution in [0, 0.1) is 0 Å². The highest BCUT2D eigenvalue weighted by Crippen LogP contribution is 2.25. The average Bonchev–Trinajstić information content (AvgIpc) is 2.67. The number of aromatic carboxylic acids is 1. The number of carboxylic acid groups (broad SMARTS) is 1. The van der Waals surface area contributed by atoms with E-state index in [1.165, 1.54) is 0 Å². The van der Waals surface area contributed by atoms with E-state index in [0.29, 0.717) is 12.3 Å². The summed E-state index contributed by atoms with van der Waals surface area (Å²) in [5.41, 5.74) is 4.68. The number of carboxylic acids is 1. The van der Waals surface area contributed by atoms with Crippen LogP contribution in [-0.4, -0.2) is 17.7 Å². The first-order valence-corrected chi connectivity index (χ1v) is 8.80. The van der Waals surface area contributed by atoms with Crippen molar-refractivity contribution in [3.63, 3.8) is 0 Å². The summed E-state index contributed by atoms with van der Waals surface area (Å²) in [6.45, 7) is 10.5. The Bertz CT molecular complexity index is 894. The van der Waals surface area contributed by atoms with Gasteiger partial charge in [-0.15, -0.1) is 0 Å². The molecule has 0 saturated carbocycles. The van der Waals surface area contributed by atoms with E-state index < -0.39 is 5.97 Å². The summed E-state index contributed by atoms with van der Waals surface area (Å²) in [6, 6.07) is 14.8. The third-order valence-electron chi connectivity index (χ3n) is 4.20. The lowest BCUT2D eigenvalue weighted by atomic mass is 10.0. The van der Waals surface area contributed by atoms with Gasteiger partial charge < -0.3 is 15.2 Å². The Balaban J connectivity index is 2.33. The van der Waals surface area contributed by atoms with Crippen LogP contribution in [0.3, 0.4) is 0 Å². The lowest BCUT2D eigenvalue weighted by Crippen LogP contribution is -2.05. The second-order valence-corrected chi connectivity index (χ2v) is 6.05. The second kappa shape index (κ2) is 9.43. The van der Waals surface area contributed by atoms with E-state index in [-0.39, 0.29) is 5.56 Å². The molecular formula is C23H25NO3. The molecule has 0 aromatic heterocycles. The zero-order chi connectivity index (χ0) is 19.8. The molecule has 2 N–H and O–H groups in total. The minimum atomic E-state index is -0.974. The fourth-order valence-electron chi connectivity index (χ4n) is 2.64. The standard InChI is InChI=1S/C23H25NO3/c1-5-19(24-22-13-8-7-12-21(22)23(25)26)14-16(3)17(4)18-10-9-11-20(15-18)27-6-2/h5,7-15,24H,1,6H2,2-4H3,(H,25,26)/b17-16+,19-14+. The molecule has 0 heterocycles. The van der Waals surface area contributed by atoms with Gasteiger partial charge in [0.25, 0.3) is 0 Å². The highest BCUT2D eigenvalue weighted by atomic mass is 16.5. The van der Waals surface area contributed by atoms with E-state index in [9.17, 15) is 9.90 Å². The van der Waals surface area contributed by atoms with Crippen molar-refractivity contribution in [3.05, 3.63) is 89.7 Å². The van der Waals surface area contributed by atoms with Crippen LogP contribution in [0.4, 0.5) is 5.69 Å². The fourth-order valence-corrected chi connectivity index (χ4v) is 2.64. The van der Waals surface area contributed by atoms with Gasteiger partial charge in [0.1, 0.15) is 5.75 Å². The van der Waals surface area contributed by atoms with Crippen LogP contribution in [0.25, 0.3) is 5.57 Å². The molecule has 2 aromatic rings. The average molecular weight is 363 g/mol. The number of allylic oxidation sites excluding steroid dienone is 4. The highest BCUT2D eigenvalue weighted by Gasteiger charge is 2.09. The number of nitrogens with one attached hydrogen (secondary N) is 1. The third kappa shape index (κ3) is 5.35. The molecule has 4 heteroatoms. The number of benzene rings is 2. The van der Waals surface area contributed by atoms with Crippen LogP contribution < -0.4 is 10.1 Å². The topological polar surface area (TPSA) is 58.6 Å². The molecule has 0 aliphatic rings. The van der Waals surface area contributed by atoms with Gasteiger partial charge in [-0.3, -0.25) is 0 Å². The lowest BCUT2D eigenvalue weighted by Gasteiger charge is -2.12. The molecule has 0 bridgehead atoms. The second-order valence-electron chi connectivity index (χ2n) is 6.05. The van der Waals surface area contributed by atoms with E-state index in [2.05, 4.69) is 11.9 Å². The van der Waals surface area contributed by atoms with E-state index in [1.807, 2.05) is 51.1 Å². The van der Waals surface area contributed by atoms with Gasteiger partial charge in [0, 0.05) is 5.70 Å². The third-order valence-corrected chi connectivity index (χ3v) is 4.20. The maximum atomic E-state index is 11.4. The highest BCUT2D eigenvalue weighted by molar-refractivity contribution is 5.94. The smallest absolute Gasteiger partial charge is 0.337 e. The Morgan fingerprint density at radius 2 is 1.93 bits per heavy atom. The molecule has 140 valence electrons. The monoisotopic (exact) mass is 363 g/mol. The first-order valence-electron chi connectivity index (χ1n) is 8.80. The lowest BCUT2D eigenvalue weighted by molar-refractivity contribution is 0.0698. The Labute approximate surface area is 160 Å². The van der Waals surface area contributed by atoms with E-state index >= 15 is 0 Å². The van der Waals surface area contributed by atoms with Crippen molar-refractivity contribution in [2.45, 2.75) is 20.8 Å². The molecule has 0 amide bonds. The number of carbonyl (C=O) groups is 1. The van der Waals surface area contributed by atoms with Crippen LogP contribution in [0.2, 0.25) is 0 Å². The summed E-state index contributed by atoms with van der Waals surface area (Å²) in [5.74, 6) is -0.138. The van der Waals surface area contributed by atoms with Crippen molar-refractivity contribution >= 4 is 17.2 Å². The molecule has 0 radical (unpaired) electrons. The predicted molar refractivity (Wildman–Crippen MR) is 111 cm³/mol. The van der Waals surface area contributed by atoms with Crippen LogP contribution in [0.15, 0.2) is 78.5 Å². The zero-order valence-corrected chi connectivity index (χ0v) is 16.0. The number of ether oxygens (including phenoxy) is 1. The molecule has 0 aliphatic carbocycles. The van der Waals surface area contributed by atoms with Gasteiger partial charge in [-0.2, -0.15) is 0 Å². The molecule has 0 unspecified atom stereocenters. The molecule has 0 atom stereocenters. The summed E-state index contributed by atoms with van der Waals surface area (Å²) in [7, 11) is 0. The van der Waals surface area contributed by atoms with Crippen LogP contribution in [-0.2, 0) is 0 Å². The molecule has 0 fully saturated rings. The van der Waals surface area contributed by atoms with Gasteiger partial charge in [-0.1, -0.05) is 30.8 Å². The molecular weight excluding hydrogens is 338 g/mol. The molecule has 0 spiro atoms. The Kier molecular flexibility index (Phi) is 7.00. The largest absolute Gasteiger partial charge is 0.494 e. The van der Waals surface area contributed by atoms with Gasteiger partial charge in [-0.25, -0.2) is 4.79 Å². The summed E-state index contributed by atoms with van der Waals surface area (Å²) in [5, 5.41) is 12.5. The van der Waals surface area contributed by atoms with Crippen LogP contribution in [0.1, 0.15) is 36.7 Å². The molecule has 0 saturated heterocycles. The Hall–Kier alpha value is -3.27. The SMILES string of the molecule is C=C/C(=C\C(C)=C(/C)c1cccc(OCC)c1)Nc1ccccc1C(=O)O. The van der Waals surface area contributed by atoms with Crippen molar-refractivity contribution in [2.24, 2.45) is 0 Å². The fraction of sp³-hybridized carbons (Fsp3) is 0.174. The summed E-state index contributed by atoms with van der Waals surface area (Å²) >= 11 is 0. The van der Waals surface area contributed by atoms with Crippen molar-refractivity contribution in [2.75, 3.05) is 11.9 Å². The predicted octanol–water partition coefficient (Wildman–Crippen LogP) is 5.76. The minimum Gasteiger partial charge on any atom is -0.494 e. The van der Waals surface area contributed by atoms with E-state index in [1.54, 1.807) is 30.3 Å².